The quantitative estimate of drug-likeness (QED) is 0.0377. The van der Waals surface area contributed by atoms with E-state index in [-0.39, 0.29) is 87.5 Å². The number of aliphatic hydroxyl groups is 1. The van der Waals surface area contributed by atoms with Crippen molar-refractivity contribution in [3.8, 4) is 0 Å². The van der Waals surface area contributed by atoms with Crippen molar-refractivity contribution in [1.82, 2.24) is 30.0 Å². The molecule has 0 saturated carbocycles. The number of sulfonamides is 2. The summed E-state index contributed by atoms with van der Waals surface area (Å²) in [7, 11) is -3.79. The zero-order valence-corrected chi connectivity index (χ0v) is 42.0. The summed E-state index contributed by atoms with van der Waals surface area (Å²) in [5, 5.41) is 17.1. The van der Waals surface area contributed by atoms with Crippen molar-refractivity contribution in [1.29, 1.82) is 0 Å². The average molecular weight is 1060 g/mol. The highest BCUT2D eigenvalue weighted by Crippen LogP contribution is 2.40. The van der Waals surface area contributed by atoms with Crippen LogP contribution < -0.4 is 20.2 Å². The van der Waals surface area contributed by atoms with E-state index in [4.69, 9.17) is 65.5 Å². The average Bonchev–Trinajstić information content (AvgIpc) is 3.30. The van der Waals surface area contributed by atoms with Crippen molar-refractivity contribution >= 4 is 78.3 Å². The third-order valence-electron chi connectivity index (χ3n) is 11.2. The fourth-order valence-electron chi connectivity index (χ4n) is 7.85. The van der Waals surface area contributed by atoms with E-state index in [0.717, 1.165) is 39.9 Å². The first-order valence-corrected chi connectivity index (χ1v) is 26.0. The number of amides is 2. The van der Waals surface area contributed by atoms with E-state index in [1.807, 2.05) is 26.2 Å². The molecule has 0 spiro atoms. The predicted molar refractivity (Wildman–Crippen MR) is 258 cm³/mol. The lowest BCUT2D eigenvalue weighted by atomic mass is 9.85. The summed E-state index contributed by atoms with van der Waals surface area (Å²) in [5.74, 6) is -1.94. The van der Waals surface area contributed by atoms with Crippen molar-refractivity contribution in [2.75, 3.05) is 93.1 Å². The van der Waals surface area contributed by atoms with Gasteiger partial charge < -0.3 is 39.8 Å². The number of benzene rings is 4. The molecule has 5 N–H and O–H groups in total. The number of aliphatic hydroxyl groups excluding tert-OH is 1. The Bertz CT molecular complexity index is 2600. The summed E-state index contributed by atoms with van der Waals surface area (Å²) in [5.41, 5.74) is 5.88. The van der Waals surface area contributed by atoms with Gasteiger partial charge in [-0.3, -0.25) is 14.4 Å². The van der Waals surface area contributed by atoms with Crippen LogP contribution in [-0.2, 0) is 61.8 Å². The van der Waals surface area contributed by atoms with Gasteiger partial charge in [0, 0.05) is 77.7 Å². The third-order valence-corrected chi connectivity index (χ3v) is 15.0. The third kappa shape index (κ3) is 14.8. The van der Waals surface area contributed by atoms with Crippen LogP contribution >= 0.6 is 46.4 Å². The SMILES string of the molecule is CN1Cc2c(Cl)cc(Cl)cc2C(c2ccc(S(=O)(=O)NCCOCCOCCNC(=O)C(O)C(=O)NCCOCCONS(=O)(=O)c3ccc(C4CN(C)Cc5c(Cl)cc(Cl)cc54)cc3)cc2)C1. The first-order chi connectivity index (χ1) is 32.4. The Morgan fingerprint density at radius 2 is 1.03 bits per heavy atom. The molecule has 3 atom stereocenters. The van der Waals surface area contributed by atoms with Gasteiger partial charge in [0.15, 0.2) is 0 Å². The van der Waals surface area contributed by atoms with E-state index < -0.39 is 38.0 Å². The van der Waals surface area contributed by atoms with Crippen LogP contribution in [0.1, 0.15) is 45.2 Å². The second-order valence-electron chi connectivity index (χ2n) is 16.2. The highest BCUT2D eigenvalue weighted by molar-refractivity contribution is 7.89. The number of halogens is 4. The molecule has 0 aromatic heterocycles. The maximum atomic E-state index is 12.9. The Labute approximate surface area is 416 Å². The molecule has 0 saturated heterocycles. The van der Waals surface area contributed by atoms with Gasteiger partial charge in [-0.1, -0.05) is 75.6 Å². The molecule has 0 fully saturated rings. The lowest BCUT2D eigenvalue weighted by Crippen LogP contribution is -2.47. The van der Waals surface area contributed by atoms with Crippen LogP contribution in [-0.4, -0.2) is 143 Å². The maximum absolute atomic E-state index is 12.9. The van der Waals surface area contributed by atoms with Crippen molar-refractivity contribution < 1.29 is 50.6 Å². The molecule has 68 heavy (non-hydrogen) atoms. The molecule has 2 aliphatic rings. The zero-order chi connectivity index (χ0) is 49.0. The van der Waals surface area contributed by atoms with Gasteiger partial charge in [-0.15, -0.1) is 0 Å². The van der Waals surface area contributed by atoms with Crippen molar-refractivity contribution in [2.45, 2.75) is 40.8 Å². The van der Waals surface area contributed by atoms with E-state index >= 15 is 0 Å². The van der Waals surface area contributed by atoms with E-state index in [0.29, 0.717) is 39.7 Å². The van der Waals surface area contributed by atoms with Gasteiger partial charge in [0.2, 0.25) is 16.1 Å². The number of hydrogen-bond acceptors (Lipinski definition) is 13. The molecule has 370 valence electrons. The van der Waals surface area contributed by atoms with Gasteiger partial charge in [-0.05, 0) is 96.0 Å². The molecular formula is C45H54Cl4N6O11S2. The monoisotopic (exact) mass is 1060 g/mol. The molecule has 2 aliphatic heterocycles. The zero-order valence-electron chi connectivity index (χ0n) is 37.3. The summed E-state index contributed by atoms with van der Waals surface area (Å²) in [6, 6.07) is 20.5. The Kier molecular flexibility index (Phi) is 19.9. The number of rotatable bonds is 24. The molecule has 0 bridgehead atoms. The van der Waals surface area contributed by atoms with Crippen LogP contribution in [0.25, 0.3) is 0 Å². The first kappa shape index (κ1) is 53.9. The Morgan fingerprint density at radius 1 is 0.618 bits per heavy atom. The molecule has 6 rings (SSSR count). The highest BCUT2D eigenvalue weighted by atomic mass is 35.5. The summed E-state index contributed by atoms with van der Waals surface area (Å²) in [6.45, 7) is 3.08. The van der Waals surface area contributed by atoms with E-state index in [1.165, 1.54) is 12.1 Å². The number of likely N-dealkylation sites (N-methyl/N-ethyl adjacent to an activating group) is 2. The predicted octanol–water partition coefficient (Wildman–Crippen LogP) is 4.29. The van der Waals surface area contributed by atoms with Crippen molar-refractivity contribution in [3.05, 3.63) is 126 Å². The molecule has 2 heterocycles. The van der Waals surface area contributed by atoms with Crippen molar-refractivity contribution in [3.63, 3.8) is 0 Å². The van der Waals surface area contributed by atoms with Gasteiger partial charge in [-0.25, -0.2) is 21.6 Å². The minimum absolute atomic E-state index is 0.00410. The summed E-state index contributed by atoms with van der Waals surface area (Å²) in [6.07, 6.45) is -1.97. The number of carbonyl (C=O) groups is 2. The fraction of sp³-hybridized carbons (Fsp3) is 0.422. The van der Waals surface area contributed by atoms with Gasteiger partial charge in [0.1, 0.15) is 0 Å². The minimum atomic E-state index is -4.00. The second-order valence-corrected chi connectivity index (χ2v) is 21.3. The minimum Gasteiger partial charge on any atom is -0.378 e. The van der Waals surface area contributed by atoms with Crippen LogP contribution in [0.4, 0.5) is 0 Å². The second kappa shape index (κ2) is 25.1. The smallest absolute Gasteiger partial charge is 0.262 e. The van der Waals surface area contributed by atoms with Crippen LogP contribution in [0.15, 0.2) is 82.6 Å². The van der Waals surface area contributed by atoms with Gasteiger partial charge in [0.05, 0.1) is 56.0 Å². The first-order valence-electron chi connectivity index (χ1n) is 21.6. The van der Waals surface area contributed by atoms with Crippen LogP contribution in [0.5, 0.6) is 0 Å². The van der Waals surface area contributed by atoms with Gasteiger partial charge >= 0.3 is 0 Å². The number of hydrogen-bond donors (Lipinski definition) is 5. The Balaban J connectivity index is 0.771. The molecule has 4 aromatic carbocycles. The fourth-order valence-corrected chi connectivity index (χ4v) is 10.8. The lowest BCUT2D eigenvalue weighted by Gasteiger charge is -2.33. The molecule has 0 radical (unpaired) electrons. The maximum Gasteiger partial charge on any atom is 0.262 e. The van der Waals surface area contributed by atoms with E-state index in [1.54, 1.807) is 48.5 Å². The number of fused-ring (bicyclic) bond motifs is 2. The largest absolute Gasteiger partial charge is 0.378 e. The molecule has 3 unspecified atom stereocenters. The molecule has 0 aliphatic carbocycles. The lowest BCUT2D eigenvalue weighted by molar-refractivity contribution is -0.141. The van der Waals surface area contributed by atoms with E-state index in [9.17, 15) is 31.5 Å². The summed E-state index contributed by atoms with van der Waals surface area (Å²) < 4.78 is 70.2. The molecule has 4 aromatic rings. The highest BCUT2D eigenvalue weighted by Gasteiger charge is 2.29. The normalized spacial score (nSPS) is 17.0. The van der Waals surface area contributed by atoms with Crippen LogP contribution in [0, 0.1) is 0 Å². The summed E-state index contributed by atoms with van der Waals surface area (Å²) >= 11 is 25.6. The van der Waals surface area contributed by atoms with Gasteiger partial charge in [-0.2, -0.15) is 0 Å². The standard InChI is InChI=1S/C45H54Cl4N6O11S2/c1-54-25-37(35-21-31(46)23-41(48)39(35)27-54)29-3-7-33(8-4-29)67(59,60)52-13-16-65-18-17-63-14-11-50-44(57)43(56)45(58)51-12-15-64-19-20-66-53-68(61,62)34-9-5-30(6-10-34)38-26-55(2)28-40-36(38)22-32(47)24-42(40)49/h3-10,21-24,37-38,43,52-53,56H,11-20,25-28H2,1-2H3,(H,50,57)(H,51,58). The number of carbonyl (C=O) groups excluding carboxylic acids is 2. The number of nitrogens with zero attached hydrogens (tertiary/aromatic N) is 2. The Hall–Kier alpha value is -3.48. The molecule has 23 heteroatoms. The topological polar surface area (TPSA) is 214 Å². The number of nitrogens with one attached hydrogen (secondary N) is 4. The Morgan fingerprint density at radius 3 is 1.49 bits per heavy atom. The van der Waals surface area contributed by atoms with Crippen LogP contribution in [0.2, 0.25) is 20.1 Å². The van der Waals surface area contributed by atoms with Crippen LogP contribution in [0.3, 0.4) is 0 Å². The molecule has 17 nitrogen and oxygen atoms in total. The van der Waals surface area contributed by atoms with E-state index in [2.05, 4.69) is 30.0 Å². The number of ether oxygens (including phenoxy) is 3. The molecule has 2 amide bonds. The van der Waals surface area contributed by atoms with Crippen molar-refractivity contribution in [2.24, 2.45) is 0 Å². The molecular weight excluding hydrogens is 1010 g/mol. The van der Waals surface area contributed by atoms with Gasteiger partial charge in [0.25, 0.3) is 21.8 Å². The summed E-state index contributed by atoms with van der Waals surface area (Å²) in [4.78, 5) is 36.0.